The molecule has 1 aromatic heterocycles. The molecule has 1 aliphatic heterocycles. The Morgan fingerprint density at radius 1 is 0.967 bits per heavy atom. The summed E-state index contributed by atoms with van der Waals surface area (Å²) < 4.78 is 5.21. The average molecular weight is 409 g/mol. The van der Waals surface area contributed by atoms with Gasteiger partial charge >= 0.3 is 0 Å². The molecule has 2 heterocycles. The number of nitrogens with one attached hydrogen (secondary N) is 1. The first-order valence-electron chi connectivity index (χ1n) is 11.3. The van der Waals surface area contributed by atoms with Gasteiger partial charge in [0, 0.05) is 24.7 Å². The van der Waals surface area contributed by atoms with Crippen LogP contribution in [0.4, 0.5) is 5.82 Å². The van der Waals surface area contributed by atoms with Crippen LogP contribution in [-0.2, 0) is 4.79 Å². The Morgan fingerprint density at radius 3 is 2.40 bits per heavy atom. The van der Waals surface area contributed by atoms with Crippen LogP contribution >= 0.6 is 0 Å². The lowest BCUT2D eigenvalue weighted by Gasteiger charge is -2.33. The topological polar surface area (TPSA) is 67.3 Å². The molecule has 1 aromatic carbocycles. The number of carbonyl (C=O) groups is 1. The second-order valence-electron chi connectivity index (χ2n) is 8.49. The zero-order valence-electron chi connectivity index (χ0n) is 17.8. The Kier molecular flexibility index (Phi) is 6.82. The number of rotatable bonds is 5. The Labute approximate surface area is 179 Å². The fourth-order valence-corrected chi connectivity index (χ4v) is 4.55. The number of amides is 1. The molecule has 1 saturated heterocycles. The fraction of sp³-hybridized carbons (Fsp3) is 0.542. The zero-order valence-corrected chi connectivity index (χ0v) is 17.8. The zero-order chi connectivity index (χ0) is 20.8. The first kappa shape index (κ1) is 20.6. The molecule has 0 bridgehead atoms. The molecule has 1 unspecified atom stereocenters. The third-order valence-corrected chi connectivity index (χ3v) is 6.35. The molecule has 2 aliphatic rings. The van der Waals surface area contributed by atoms with E-state index in [2.05, 4.69) is 20.4 Å². The average Bonchev–Trinajstić information content (AvgIpc) is 3.08. The summed E-state index contributed by atoms with van der Waals surface area (Å²) in [6.45, 7) is 1.64. The van der Waals surface area contributed by atoms with E-state index in [0.717, 1.165) is 61.6 Å². The van der Waals surface area contributed by atoms with Gasteiger partial charge in [0.25, 0.3) is 0 Å². The summed E-state index contributed by atoms with van der Waals surface area (Å²) in [7, 11) is 1.66. The van der Waals surface area contributed by atoms with E-state index in [9.17, 15) is 4.79 Å². The van der Waals surface area contributed by atoms with Gasteiger partial charge in [-0.05, 0) is 62.1 Å². The minimum Gasteiger partial charge on any atom is -0.497 e. The number of methoxy groups -OCH3 is 1. The highest BCUT2D eigenvalue weighted by Gasteiger charge is 2.28. The standard InChI is InChI=1S/C24H32N4O2/c1-30-21-12-10-18(11-13-21)22-14-15-23(27-26-22)28-16-6-7-19(17-28)24(29)25-20-8-4-2-3-5-9-20/h10-15,19-20H,2-9,16-17H2,1H3,(H,25,29). The predicted octanol–water partition coefficient (Wildman–Crippen LogP) is 4.21. The van der Waals surface area contributed by atoms with Crippen molar-refractivity contribution in [2.45, 2.75) is 57.4 Å². The van der Waals surface area contributed by atoms with Crippen LogP contribution in [0, 0.1) is 5.92 Å². The van der Waals surface area contributed by atoms with Gasteiger partial charge in [-0.3, -0.25) is 4.79 Å². The largest absolute Gasteiger partial charge is 0.497 e. The molecule has 1 atom stereocenters. The number of nitrogens with zero attached hydrogens (tertiary/aromatic N) is 3. The molecule has 6 heteroatoms. The quantitative estimate of drug-likeness (QED) is 0.751. The maximum atomic E-state index is 12.9. The van der Waals surface area contributed by atoms with E-state index < -0.39 is 0 Å². The van der Waals surface area contributed by atoms with Gasteiger partial charge in [-0.15, -0.1) is 10.2 Å². The summed E-state index contributed by atoms with van der Waals surface area (Å²) in [5, 5.41) is 12.2. The second-order valence-corrected chi connectivity index (χ2v) is 8.49. The Morgan fingerprint density at radius 2 is 1.73 bits per heavy atom. The van der Waals surface area contributed by atoms with E-state index in [-0.39, 0.29) is 11.8 Å². The normalized spacial score (nSPS) is 20.4. The van der Waals surface area contributed by atoms with Crippen LogP contribution in [-0.4, -0.2) is 42.3 Å². The van der Waals surface area contributed by atoms with Gasteiger partial charge in [-0.1, -0.05) is 25.7 Å². The van der Waals surface area contributed by atoms with Crippen molar-refractivity contribution in [3.63, 3.8) is 0 Å². The highest BCUT2D eigenvalue weighted by Crippen LogP contribution is 2.25. The van der Waals surface area contributed by atoms with E-state index in [4.69, 9.17) is 4.74 Å². The summed E-state index contributed by atoms with van der Waals surface area (Å²) in [5.74, 6) is 1.92. The van der Waals surface area contributed by atoms with Crippen LogP contribution in [0.5, 0.6) is 5.75 Å². The van der Waals surface area contributed by atoms with Crippen molar-refractivity contribution in [3.05, 3.63) is 36.4 Å². The number of piperidine rings is 1. The first-order valence-corrected chi connectivity index (χ1v) is 11.3. The Balaban J connectivity index is 1.37. The molecule has 1 amide bonds. The van der Waals surface area contributed by atoms with Crippen LogP contribution in [0.3, 0.4) is 0 Å². The van der Waals surface area contributed by atoms with Crippen molar-refractivity contribution < 1.29 is 9.53 Å². The molecule has 30 heavy (non-hydrogen) atoms. The molecule has 6 nitrogen and oxygen atoms in total. The van der Waals surface area contributed by atoms with Gasteiger partial charge in [0.15, 0.2) is 5.82 Å². The summed E-state index contributed by atoms with van der Waals surface area (Å²) in [4.78, 5) is 15.1. The molecular formula is C24H32N4O2. The van der Waals surface area contributed by atoms with Crippen LogP contribution < -0.4 is 15.0 Å². The molecule has 4 rings (SSSR count). The third kappa shape index (κ3) is 5.10. The molecular weight excluding hydrogens is 376 g/mol. The van der Waals surface area contributed by atoms with Crippen molar-refractivity contribution in [3.8, 4) is 17.0 Å². The SMILES string of the molecule is COc1ccc(-c2ccc(N3CCCC(C(=O)NC4CCCCCC4)C3)nn2)cc1. The molecule has 160 valence electrons. The number of hydrogen-bond donors (Lipinski definition) is 1. The van der Waals surface area contributed by atoms with Crippen molar-refractivity contribution in [1.82, 2.24) is 15.5 Å². The highest BCUT2D eigenvalue weighted by molar-refractivity contribution is 5.79. The number of carbonyl (C=O) groups excluding carboxylic acids is 1. The van der Waals surface area contributed by atoms with Gasteiger partial charge in [0.2, 0.25) is 5.91 Å². The number of anilines is 1. The summed E-state index contributed by atoms with van der Waals surface area (Å²) >= 11 is 0. The van der Waals surface area contributed by atoms with E-state index in [0.29, 0.717) is 6.04 Å². The molecule has 1 saturated carbocycles. The van der Waals surface area contributed by atoms with Crippen LogP contribution in [0.2, 0.25) is 0 Å². The minimum absolute atomic E-state index is 0.0325. The second kappa shape index (κ2) is 9.92. The number of ether oxygens (including phenoxy) is 1. The number of aromatic nitrogens is 2. The molecule has 1 N–H and O–H groups in total. The van der Waals surface area contributed by atoms with Gasteiger partial charge in [-0.25, -0.2) is 0 Å². The minimum atomic E-state index is 0.0325. The summed E-state index contributed by atoms with van der Waals surface area (Å²) in [6, 6.07) is 12.2. The third-order valence-electron chi connectivity index (χ3n) is 6.35. The first-order chi connectivity index (χ1) is 14.7. The molecule has 0 radical (unpaired) electrons. The van der Waals surface area contributed by atoms with E-state index in [1.165, 1.54) is 25.7 Å². The fourth-order valence-electron chi connectivity index (χ4n) is 4.55. The Bertz CT molecular complexity index is 814. The Hall–Kier alpha value is -2.63. The molecule has 1 aliphatic carbocycles. The lowest BCUT2D eigenvalue weighted by Crippen LogP contribution is -2.46. The summed E-state index contributed by atoms with van der Waals surface area (Å²) in [5.41, 5.74) is 1.84. The monoisotopic (exact) mass is 408 g/mol. The number of hydrogen-bond acceptors (Lipinski definition) is 5. The predicted molar refractivity (Wildman–Crippen MR) is 119 cm³/mol. The van der Waals surface area contributed by atoms with Gasteiger partial charge in [0.1, 0.15) is 5.75 Å². The van der Waals surface area contributed by atoms with Gasteiger partial charge in [-0.2, -0.15) is 0 Å². The van der Waals surface area contributed by atoms with Crippen molar-refractivity contribution in [2.75, 3.05) is 25.1 Å². The maximum absolute atomic E-state index is 12.9. The van der Waals surface area contributed by atoms with E-state index >= 15 is 0 Å². The van der Waals surface area contributed by atoms with Crippen LogP contribution in [0.1, 0.15) is 51.4 Å². The van der Waals surface area contributed by atoms with Gasteiger partial charge < -0.3 is 15.0 Å². The van der Waals surface area contributed by atoms with E-state index in [1.54, 1.807) is 7.11 Å². The van der Waals surface area contributed by atoms with Gasteiger partial charge in [0.05, 0.1) is 18.7 Å². The van der Waals surface area contributed by atoms with Crippen molar-refractivity contribution in [2.24, 2.45) is 5.92 Å². The molecule has 0 spiro atoms. The van der Waals surface area contributed by atoms with Crippen molar-refractivity contribution in [1.29, 1.82) is 0 Å². The number of benzene rings is 1. The lowest BCUT2D eigenvalue weighted by molar-refractivity contribution is -0.126. The smallest absolute Gasteiger partial charge is 0.225 e. The summed E-state index contributed by atoms with van der Waals surface area (Å²) in [6.07, 6.45) is 9.28. The van der Waals surface area contributed by atoms with E-state index in [1.807, 2.05) is 36.4 Å². The van der Waals surface area contributed by atoms with Crippen LogP contribution in [0.25, 0.3) is 11.3 Å². The highest BCUT2D eigenvalue weighted by atomic mass is 16.5. The molecule has 2 aromatic rings. The molecule has 2 fully saturated rings. The van der Waals surface area contributed by atoms with Crippen molar-refractivity contribution >= 4 is 11.7 Å². The van der Waals surface area contributed by atoms with Crippen LogP contribution in [0.15, 0.2) is 36.4 Å². The maximum Gasteiger partial charge on any atom is 0.225 e. The lowest BCUT2D eigenvalue weighted by atomic mass is 9.96.